The van der Waals surface area contributed by atoms with E-state index >= 15 is 0 Å². The fourth-order valence-corrected chi connectivity index (χ4v) is 5.79. The monoisotopic (exact) mass is 404 g/mol. The van der Waals surface area contributed by atoms with Crippen LogP contribution in [0.2, 0.25) is 0 Å². The normalized spacial score (nSPS) is 28.3. The second-order valence-electron chi connectivity index (χ2n) is 9.55. The van der Waals surface area contributed by atoms with Crippen LogP contribution >= 0.6 is 0 Å². The molecule has 2 saturated carbocycles. The molecule has 0 spiro atoms. The molecular weight excluding hydrogens is 366 g/mol. The first-order valence-electron chi connectivity index (χ1n) is 12.0. The second-order valence-corrected chi connectivity index (χ2v) is 9.55. The van der Waals surface area contributed by atoms with E-state index in [4.69, 9.17) is 0 Å². The summed E-state index contributed by atoms with van der Waals surface area (Å²) in [6.45, 7) is 4.05. The summed E-state index contributed by atoms with van der Waals surface area (Å²) in [6, 6.07) is 6.63. The molecule has 0 aromatic heterocycles. The molecule has 1 nitrogen and oxygen atoms in total. The SMILES string of the molecule is CCCC(=O)C(F)(F)c1ccc(C2CCC([C@H]3CC[C@H](CCC)CC3)CC2)cc1. The molecule has 0 amide bonds. The third kappa shape index (κ3) is 5.47. The third-order valence-electron chi connectivity index (χ3n) is 7.60. The van der Waals surface area contributed by atoms with Gasteiger partial charge in [-0.3, -0.25) is 4.79 Å². The minimum absolute atomic E-state index is 0.0703. The molecule has 2 aliphatic rings. The van der Waals surface area contributed by atoms with Crippen molar-refractivity contribution in [3.8, 4) is 0 Å². The predicted molar refractivity (Wildman–Crippen MR) is 115 cm³/mol. The topological polar surface area (TPSA) is 17.1 Å². The Bertz CT molecular complexity index is 635. The van der Waals surface area contributed by atoms with E-state index in [1.165, 1.54) is 76.3 Å². The van der Waals surface area contributed by atoms with E-state index < -0.39 is 11.7 Å². The number of carbonyl (C=O) groups is 1. The molecule has 0 heterocycles. The zero-order chi connectivity index (χ0) is 20.9. The predicted octanol–water partition coefficient (Wildman–Crippen LogP) is 8.03. The van der Waals surface area contributed by atoms with Gasteiger partial charge in [-0.15, -0.1) is 0 Å². The van der Waals surface area contributed by atoms with Gasteiger partial charge in [0, 0.05) is 12.0 Å². The van der Waals surface area contributed by atoms with Gasteiger partial charge in [0.25, 0.3) is 0 Å². The highest BCUT2D eigenvalue weighted by molar-refractivity contribution is 5.86. The molecule has 0 saturated heterocycles. The molecule has 0 aliphatic heterocycles. The molecule has 3 heteroatoms. The zero-order valence-corrected chi connectivity index (χ0v) is 18.3. The van der Waals surface area contributed by atoms with E-state index in [1.54, 1.807) is 6.92 Å². The second kappa shape index (κ2) is 10.2. The van der Waals surface area contributed by atoms with Gasteiger partial charge in [-0.2, -0.15) is 8.78 Å². The van der Waals surface area contributed by atoms with Crippen LogP contribution in [-0.2, 0) is 10.7 Å². The van der Waals surface area contributed by atoms with E-state index in [0.717, 1.165) is 23.3 Å². The standard InChI is InChI=1S/C26H38F2O/c1-3-5-19-7-9-20(10-8-19)21-11-13-22(14-12-21)23-15-17-24(18-16-23)26(27,28)25(29)6-4-2/h15-22H,3-14H2,1-2H3/t19-,20-,21?,22?. The molecule has 1 aromatic carbocycles. The minimum Gasteiger partial charge on any atom is -0.293 e. The van der Waals surface area contributed by atoms with Crippen molar-refractivity contribution in [3.05, 3.63) is 35.4 Å². The lowest BCUT2D eigenvalue weighted by Gasteiger charge is -2.38. The van der Waals surface area contributed by atoms with Gasteiger partial charge in [0.15, 0.2) is 0 Å². The lowest BCUT2D eigenvalue weighted by atomic mass is 9.68. The number of ketones is 1. The van der Waals surface area contributed by atoms with Crippen LogP contribution in [0.5, 0.6) is 0 Å². The van der Waals surface area contributed by atoms with E-state index in [2.05, 4.69) is 6.92 Å². The van der Waals surface area contributed by atoms with Crippen molar-refractivity contribution in [2.24, 2.45) is 17.8 Å². The molecule has 0 radical (unpaired) electrons. The summed E-state index contributed by atoms with van der Waals surface area (Å²) in [5.74, 6) is -1.10. The average molecular weight is 405 g/mol. The van der Waals surface area contributed by atoms with Gasteiger partial charge in [0.2, 0.25) is 5.78 Å². The van der Waals surface area contributed by atoms with Crippen LogP contribution in [0.25, 0.3) is 0 Å². The third-order valence-corrected chi connectivity index (χ3v) is 7.60. The van der Waals surface area contributed by atoms with Gasteiger partial charge >= 0.3 is 5.92 Å². The summed E-state index contributed by atoms with van der Waals surface area (Å²) in [5.41, 5.74) is 1.01. The van der Waals surface area contributed by atoms with Crippen molar-refractivity contribution in [1.29, 1.82) is 0 Å². The van der Waals surface area contributed by atoms with Crippen LogP contribution in [0.1, 0.15) is 108 Å². The first-order valence-corrected chi connectivity index (χ1v) is 12.0. The molecule has 162 valence electrons. The molecule has 2 aliphatic carbocycles. The van der Waals surface area contributed by atoms with E-state index in [-0.39, 0.29) is 12.0 Å². The Kier molecular flexibility index (Phi) is 7.87. The van der Waals surface area contributed by atoms with Crippen LogP contribution < -0.4 is 0 Å². The number of hydrogen-bond donors (Lipinski definition) is 0. The number of hydrogen-bond acceptors (Lipinski definition) is 1. The molecule has 1 aromatic rings. The highest BCUT2D eigenvalue weighted by atomic mass is 19.3. The van der Waals surface area contributed by atoms with Gasteiger partial charge in [0.05, 0.1) is 0 Å². The fourth-order valence-electron chi connectivity index (χ4n) is 5.79. The average Bonchev–Trinajstić information content (AvgIpc) is 2.75. The van der Waals surface area contributed by atoms with Crippen LogP contribution in [0, 0.1) is 17.8 Å². The lowest BCUT2D eigenvalue weighted by molar-refractivity contribution is -0.144. The highest BCUT2D eigenvalue weighted by Gasteiger charge is 2.39. The van der Waals surface area contributed by atoms with E-state index in [0.29, 0.717) is 12.3 Å². The van der Waals surface area contributed by atoms with Crippen LogP contribution in [0.3, 0.4) is 0 Å². The molecule has 0 atom stereocenters. The molecule has 0 N–H and O–H groups in total. The number of halogens is 2. The van der Waals surface area contributed by atoms with Crippen molar-refractivity contribution in [2.45, 2.75) is 103 Å². The van der Waals surface area contributed by atoms with Gasteiger partial charge in [0.1, 0.15) is 0 Å². The summed E-state index contributed by atoms with van der Waals surface area (Å²) < 4.78 is 28.6. The Balaban J connectivity index is 1.52. The van der Waals surface area contributed by atoms with Crippen LogP contribution in [0.4, 0.5) is 8.78 Å². The molecule has 2 fully saturated rings. The van der Waals surface area contributed by atoms with Crippen molar-refractivity contribution < 1.29 is 13.6 Å². The molecule has 0 unspecified atom stereocenters. The Morgan fingerprint density at radius 1 is 0.862 bits per heavy atom. The number of alkyl halides is 2. The van der Waals surface area contributed by atoms with Gasteiger partial charge < -0.3 is 0 Å². The first kappa shape index (κ1) is 22.4. The smallest absolute Gasteiger partial charge is 0.293 e. The maximum Gasteiger partial charge on any atom is 0.330 e. The highest BCUT2D eigenvalue weighted by Crippen LogP contribution is 2.44. The van der Waals surface area contributed by atoms with E-state index in [9.17, 15) is 13.6 Å². The summed E-state index contributed by atoms with van der Waals surface area (Å²) in [5, 5.41) is 0. The van der Waals surface area contributed by atoms with Crippen molar-refractivity contribution in [1.82, 2.24) is 0 Å². The Morgan fingerprint density at radius 2 is 1.41 bits per heavy atom. The minimum atomic E-state index is -3.36. The summed E-state index contributed by atoms with van der Waals surface area (Å²) in [6.07, 6.45) is 13.7. The first-order chi connectivity index (χ1) is 14.0. The van der Waals surface area contributed by atoms with Gasteiger partial charge in [-0.1, -0.05) is 63.8 Å². The number of Topliss-reactive ketones (excluding diaryl/α,β-unsaturated/α-hetero) is 1. The summed E-state index contributed by atoms with van der Waals surface area (Å²) in [7, 11) is 0. The number of carbonyl (C=O) groups excluding carboxylic acids is 1. The Morgan fingerprint density at radius 3 is 1.93 bits per heavy atom. The Hall–Kier alpha value is -1.25. The Labute approximate surface area is 175 Å². The van der Waals surface area contributed by atoms with Crippen molar-refractivity contribution in [2.75, 3.05) is 0 Å². The van der Waals surface area contributed by atoms with Crippen molar-refractivity contribution >= 4 is 5.78 Å². The summed E-state index contributed by atoms with van der Waals surface area (Å²) in [4.78, 5) is 11.7. The van der Waals surface area contributed by atoms with Crippen LogP contribution in [0.15, 0.2) is 24.3 Å². The number of benzene rings is 1. The maximum atomic E-state index is 14.3. The fraction of sp³-hybridized carbons (Fsp3) is 0.731. The van der Waals surface area contributed by atoms with E-state index in [1.807, 2.05) is 12.1 Å². The van der Waals surface area contributed by atoms with Gasteiger partial charge in [-0.25, -0.2) is 0 Å². The molecule has 29 heavy (non-hydrogen) atoms. The molecule has 3 rings (SSSR count). The van der Waals surface area contributed by atoms with Gasteiger partial charge in [-0.05, 0) is 74.2 Å². The lowest BCUT2D eigenvalue weighted by Crippen LogP contribution is -2.26. The largest absolute Gasteiger partial charge is 0.330 e. The van der Waals surface area contributed by atoms with Crippen LogP contribution in [-0.4, -0.2) is 5.78 Å². The molecule has 0 bridgehead atoms. The zero-order valence-electron chi connectivity index (χ0n) is 18.3. The van der Waals surface area contributed by atoms with Crippen molar-refractivity contribution in [3.63, 3.8) is 0 Å². The number of rotatable bonds is 8. The molecular formula is C26H38F2O. The maximum absolute atomic E-state index is 14.3. The summed E-state index contributed by atoms with van der Waals surface area (Å²) >= 11 is 0. The quantitative estimate of drug-likeness (QED) is 0.428.